The van der Waals surface area contributed by atoms with E-state index in [4.69, 9.17) is 9.47 Å². The molecular formula is C32H48F2O4. The zero-order chi connectivity index (χ0) is 27.3. The normalized spacial score (nSPS) is 25.4. The number of alkyl halides is 2. The Morgan fingerprint density at radius 3 is 1.34 bits per heavy atom. The summed E-state index contributed by atoms with van der Waals surface area (Å²) >= 11 is 0. The molecule has 0 aliphatic heterocycles. The van der Waals surface area contributed by atoms with Crippen molar-refractivity contribution in [1.82, 2.24) is 0 Å². The SMILES string of the molecule is CCC[C@H](F)C(=O)OC1CCC(CCc2ccc(CCC3CCC(OC(=O)[C@@H](F)CCC)CC3)cc2)CC1. The molecule has 0 spiro atoms. The maximum Gasteiger partial charge on any atom is 0.340 e. The standard InChI is InChI=1S/C32H48F2O4/c1-3-5-29(33)31(35)37-27-19-15-25(16-20-27)13-11-23-7-9-24(10-8-23)12-14-26-17-21-28(22-18-26)38-32(36)30(34)6-4-2/h7-10,25-30H,3-6,11-22H2,1-2H3/t25?,26?,27?,28?,29-,30-/m0/s1. The molecule has 1 aromatic rings. The topological polar surface area (TPSA) is 52.6 Å². The van der Waals surface area contributed by atoms with Gasteiger partial charge in [0.1, 0.15) is 12.2 Å². The Balaban J connectivity index is 1.28. The van der Waals surface area contributed by atoms with Crippen molar-refractivity contribution in [3.63, 3.8) is 0 Å². The molecule has 0 aromatic heterocycles. The van der Waals surface area contributed by atoms with Crippen LogP contribution in [0.3, 0.4) is 0 Å². The van der Waals surface area contributed by atoms with Gasteiger partial charge in [0.05, 0.1) is 0 Å². The predicted octanol–water partition coefficient (Wildman–Crippen LogP) is 8.03. The number of rotatable bonds is 14. The molecule has 0 radical (unpaired) electrons. The van der Waals surface area contributed by atoms with Crippen LogP contribution in [0, 0.1) is 11.8 Å². The number of carbonyl (C=O) groups excluding carboxylic acids is 2. The highest BCUT2D eigenvalue weighted by atomic mass is 19.1. The molecule has 2 atom stereocenters. The quantitative estimate of drug-likeness (QED) is 0.227. The molecule has 0 N–H and O–H groups in total. The van der Waals surface area contributed by atoms with Gasteiger partial charge in [0, 0.05) is 0 Å². The van der Waals surface area contributed by atoms with E-state index in [0.717, 1.165) is 77.0 Å². The smallest absolute Gasteiger partial charge is 0.340 e. The third kappa shape index (κ3) is 10.3. The molecule has 6 heteroatoms. The van der Waals surface area contributed by atoms with Gasteiger partial charge in [-0.25, -0.2) is 18.4 Å². The number of esters is 2. The summed E-state index contributed by atoms with van der Waals surface area (Å²) in [6, 6.07) is 8.99. The van der Waals surface area contributed by atoms with E-state index in [0.29, 0.717) is 24.7 Å². The Kier molecular flexibility index (Phi) is 13.0. The Morgan fingerprint density at radius 2 is 1.03 bits per heavy atom. The number of halogens is 2. The Morgan fingerprint density at radius 1 is 0.684 bits per heavy atom. The van der Waals surface area contributed by atoms with Crippen LogP contribution in [-0.4, -0.2) is 36.5 Å². The molecule has 2 fully saturated rings. The molecule has 1 aromatic carbocycles. The number of carbonyl (C=O) groups is 2. The number of hydrogen-bond donors (Lipinski definition) is 0. The van der Waals surface area contributed by atoms with Crippen LogP contribution in [0.25, 0.3) is 0 Å². The highest BCUT2D eigenvalue weighted by molar-refractivity contribution is 5.75. The predicted molar refractivity (Wildman–Crippen MR) is 146 cm³/mol. The van der Waals surface area contributed by atoms with Crippen molar-refractivity contribution in [2.75, 3.05) is 0 Å². The van der Waals surface area contributed by atoms with Gasteiger partial charge in [0.15, 0.2) is 12.3 Å². The van der Waals surface area contributed by atoms with Gasteiger partial charge in [-0.05, 0) is 113 Å². The average molecular weight is 535 g/mol. The molecule has 214 valence electrons. The van der Waals surface area contributed by atoms with Crippen LogP contribution in [0.5, 0.6) is 0 Å². The van der Waals surface area contributed by atoms with Crippen molar-refractivity contribution in [1.29, 1.82) is 0 Å². The Labute approximate surface area is 228 Å². The fourth-order valence-electron chi connectivity index (χ4n) is 5.91. The van der Waals surface area contributed by atoms with Crippen molar-refractivity contribution < 1.29 is 27.8 Å². The molecule has 2 aliphatic rings. The fraction of sp³-hybridized carbons (Fsp3) is 0.750. The molecule has 0 amide bonds. The van der Waals surface area contributed by atoms with Gasteiger partial charge in [0.25, 0.3) is 0 Å². The summed E-state index contributed by atoms with van der Waals surface area (Å²) < 4.78 is 38.2. The molecule has 0 unspecified atom stereocenters. The van der Waals surface area contributed by atoms with Gasteiger partial charge >= 0.3 is 11.9 Å². The van der Waals surface area contributed by atoms with Crippen molar-refractivity contribution in [3.8, 4) is 0 Å². The first-order valence-electron chi connectivity index (χ1n) is 15.1. The molecule has 0 heterocycles. The lowest BCUT2D eigenvalue weighted by atomic mass is 9.83. The van der Waals surface area contributed by atoms with E-state index in [1.54, 1.807) is 0 Å². The van der Waals surface area contributed by atoms with Crippen LogP contribution in [-0.2, 0) is 31.9 Å². The summed E-state index contributed by atoms with van der Waals surface area (Å²) in [5.74, 6) is -0.0816. The van der Waals surface area contributed by atoms with E-state index in [1.165, 1.54) is 11.1 Å². The van der Waals surface area contributed by atoms with E-state index < -0.39 is 24.3 Å². The Hall–Kier alpha value is -1.98. The summed E-state index contributed by atoms with van der Waals surface area (Å²) in [6.45, 7) is 3.74. The fourth-order valence-corrected chi connectivity index (χ4v) is 5.91. The summed E-state index contributed by atoms with van der Waals surface area (Å²) in [7, 11) is 0. The second-order valence-corrected chi connectivity index (χ2v) is 11.6. The molecular weight excluding hydrogens is 486 g/mol. The first-order valence-corrected chi connectivity index (χ1v) is 15.1. The molecule has 2 aliphatic carbocycles. The van der Waals surface area contributed by atoms with Crippen LogP contribution in [0.15, 0.2) is 24.3 Å². The number of aryl methyl sites for hydroxylation is 2. The maximum atomic E-state index is 13.7. The first-order chi connectivity index (χ1) is 18.4. The van der Waals surface area contributed by atoms with E-state index in [-0.39, 0.29) is 25.0 Å². The van der Waals surface area contributed by atoms with Crippen molar-refractivity contribution in [2.45, 2.75) is 141 Å². The zero-order valence-corrected chi connectivity index (χ0v) is 23.5. The largest absolute Gasteiger partial charge is 0.460 e. The van der Waals surface area contributed by atoms with Gasteiger partial charge in [-0.15, -0.1) is 0 Å². The molecule has 0 saturated heterocycles. The highest BCUT2D eigenvalue weighted by Crippen LogP contribution is 2.31. The second kappa shape index (κ2) is 16.2. The lowest BCUT2D eigenvalue weighted by molar-refractivity contribution is -0.158. The van der Waals surface area contributed by atoms with Gasteiger partial charge in [-0.3, -0.25) is 0 Å². The van der Waals surface area contributed by atoms with Crippen molar-refractivity contribution in [2.24, 2.45) is 11.8 Å². The minimum atomic E-state index is -1.48. The number of ether oxygens (including phenoxy) is 2. The first kappa shape index (κ1) is 30.6. The van der Waals surface area contributed by atoms with Crippen molar-refractivity contribution in [3.05, 3.63) is 35.4 Å². The van der Waals surface area contributed by atoms with E-state index >= 15 is 0 Å². The molecule has 4 nitrogen and oxygen atoms in total. The van der Waals surface area contributed by atoms with Gasteiger partial charge in [-0.2, -0.15) is 0 Å². The summed E-state index contributed by atoms with van der Waals surface area (Å²) in [5.41, 5.74) is 2.72. The third-order valence-electron chi connectivity index (χ3n) is 8.45. The van der Waals surface area contributed by atoms with Crippen LogP contribution in [0.2, 0.25) is 0 Å². The van der Waals surface area contributed by atoms with Crippen LogP contribution >= 0.6 is 0 Å². The third-order valence-corrected chi connectivity index (χ3v) is 8.45. The van der Waals surface area contributed by atoms with Crippen LogP contribution in [0.4, 0.5) is 8.78 Å². The van der Waals surface area contributed by atoms with E-state index in [1.807, 2.05) is 13.8 Å². The lowest BCUT2D eigenvalue weighted by Gasteiger charge is -2.29. The van der Waals surface area contributed by atoms with Gasteiger partial charge in [-0.1, -0.05) is 51.0 Å². The molecule has 38 heavy (non-hydrogen) atoms. The maximum absolute atomic E-state index is 13.7. The van der Waals surface area contributed by atoms with Crippen molar-refractivity contribution >= 4 is 11.9 Å². The highest BCUT2D eigenvalue weighted by Gasteiger charge is 2.28. The Bertz CT molecular complexity index is 757. The monoisotopic (exact) mass is 534 g/mol. The minimum Gasteiger partial charge on any atom is -0.460 e. The number of benzene rings is 1. The van der Waals surface area contributed by atoms with Gasteiger partial charge < -0.3 is 9.47 Å². The summed E-state index contributed by atoms with van der Waals surface area (Å²) in [4.78, 5) is 23.6. The average Bonchev–Trinajstić information content (AvgIpc) is 2.93. The minimum absolute atomic E-state index is 0.119. The molecule has 3 rings (SSSR count). The molecule has 2 saturated carbocycles. The van der Waals surface area contributed by atoms with Crippen LogP contribution < -0.4 is 0 Å². The zero-order valence-electron chi connectivity index (χ0n) is 23.5. The van der Waals surface area contributed by atoms with Gasteiger partial charge in [0.2, 0.25) is 0 Å². The van der Waals surface area contributed by atoms with E-state index in [2.05, 4.69) is 24.3 Å². The molecule has 0 bridgehead atoms. The van der Waals surface area contributed by atoms with E-state index in [9.17, 15) is 18.4 Å². The second-order valence-electron chi connectivity index (χ2n) is 11.6. The number of hydrogen-bond acceptors (Lipinski definition) is 4. The lowest BCUT2D eigenvalue weighted by Crippen LogP contribution is -2.29. The van der Waals surface area contributed by atoms with Crippen LogP contribution in [0.1, 0.15) is 115 Å². The summed E-state index contributed by atoms with van der Waals surface area (Å²) in [6.07, 6.45) is 10.5. The summed E-state index contributed by atoms with van der Waals surface area (Å²) in [5, 5.41) is 0.